The van der Waals surface area contributed by atoms with Crippen LogP contribution >= 0.6 is 0 Å². The van der Waals surface area contributed by atoms with Gasteiger partial charge in [-0.05, 0) is 38.8 Å². The van der Waals surface area contributed by atoms with E-state index in [4.69, 9.17) is 0 Å². The third kappa shape index (κ3) is 3.32. The number of hydrogen-bond donors (Lipinski definition) is 2. The molecule has 1 aromatic heterocycles. The van der Waals surface area contributed by atoms with Gasteiger partial charge in [-0.1, -0.05) is 19.9 Å². The Morgan fingerprint density at radius 3 is 2.50 bits per heavy atom. The van der Waals surface area contributed by atoms with Crippen LogP contribution in [0.3, 0.4) is 0 Å². The highest BCUT2D eigenvalue weighted by Gasteiger charge is 2.19. The molecular formula is C18H23N3O3. The Bertz CT molecular complexity index is 761. The zero-order chi connectivity index (χ0) is 17.9. The molecule has 0 atom stereocenters. The largest absolute Gasteiger partial charge is 0.505 e. The first-order valence-corrected chi connectivity index (χ1v) is 8.09. The zero-order valence-electron chi connectivity index (χ0n) is 14.5. The minimum atomic E-state index is -0.360. The number of nitrogens with zero attached hydrogens (tertiary/aromatic N) is 2. The van der Waals surface area contributed by atoms with Crippen molar-refractivity contribution in [3.8, 4) is 5.75 Å². The van der Waals surface area contributed by atoms with Gasteiger partial charge in [0.1, 0.15) is 5.75 Å². The van der Waals surface area contributed by atoms with Gasteiger partial charge in [-0.3, -0.25) is 14.3 Å². The van der Waals surface area contributed by atoms with Crippen molar-refractivity contribution in [1.82, 2.24) is 9.78 Å². The van der Waals surface area contributed by atoms with E-state index in [0.717, 1.165) is 18.5 Å². The smallest absolute Gasteiger partial charge is 0.259 e. The Morgan fingerprint density at radius 2 is 1.92 bits per heavy atom. The maximum absolute atomic E-state index is 12.5. The van der Waals surface area contributed by atoms with Crippen molar-refractivity contribution in [2.75, 3.05) is 5.32 Å². The third-order valence-corrected chi connectivity index (χ3v) is 4.24. The SMILES string of the molecule is CCC(CC)n1ncc(C(=O)Nc2cccc(C(C)=O)c2O)c1C. The molecule has 0 aliphatic heterocycles. The van der Waals surface area contributed by atoms with Gasteiger partial charge in [0.2, 0.25) is 0 Å². The van der Waals surface area contributed by atoms with Crippen LogP contribution < -0.4 is 5.32 Å². The third-order valence-electron chi connectivity index (χ3n) is 4.24. The van der Waals surface area contributed by atoms with E-state index in [9.17, 15) is 14.7 Å². The fourth-order valence-electron chi connectivity index (χ4n) is 2.77. The van der Waals surface area contributed by atoms with E-state index in [1.807, 2.05) is 11.6 Å². The number of para-hydroxylation sites is 1. The number of amides is 1. The fraction of sp³-hybridized carbons (Fsp3) is 0.389. The van der Waals surface area contributed by atoms with Gasteiger partial charge in [-0.15, -0.1) is 0 Å². The fourth-order valence-corrected chi connectivity index (χ4v) is 2.77. The van der Waals surface area contributed by atoms with Crippen LogP contribution in [0.1, 0.15) is 66.1 Å². The van der Waals surface area contributed by atoms with E-state index >= 15 is 0 Å². The highest BCUT2D eigenvalue weighted by atomic mass is 16.3. The van der Waals surface area contributed by atoms with Gasteiger partial charge < -0.3 is 10.4 Å². The van der Waals surface area contributed by atoms with E-state index in [2.05, 4.69) is 24.3 Å². The molecule has 1 heterocycles. The molecule has 2 rings (SSSR count). The average molecular weight is 329 g/mol. The normalized spacial score (nSPS) is 10.9. The van der Waals surface area contributed by atoms with Crippen LogP contribution in [0.2, 0.25) is 0 Å². The van der Waals surface area contributed by atoms with Gasteiger partial charge in [0.15, 0.2) is 5.78 Å². The minimum Gasteiger partial charge on any atom is -0.505 e. The van der Waals surface area contributed by atoms with Crippen molar-refractivity contribution < 1.29 is 14.7 Å². The second-order valence-corrected chi connectivity index (χ2v) is 5.77. The zero-order valence-corrected chi connectivity index (χ0v) is 14.5. The molecular weight excluding hydrogens is 306 g/mol. The lowest BCUT2D eigenvalue weighted by molar-refractivity contribution is 0.100. The van der Waals surface area contributed by atoms with E-state index < -0.39 is 0 Å². The number of benzene rings is 1. The van der Waals surface area contributed by atoms with Crippen LogP contribution in [0.25, 0.3) is 0 Å². The Hall–Kier alpha value is -2.63. The quantitative estimate of drug-likeness (QED) is 0.625. The summed E-state index contributed by atoms with van der Waals surface area (Å²) in [5.74, 6) is -0.842. The maximum atomic E-state index is 12.5. The van der Waals surface area contributed by atoms with Crippen molar-refractivity contribution in [2.24, 2.45) is 0 Å². The minimum absolute atomic E-state index is 0.178. The summed E-state index contributed by atoms with van der Waals surface area (Å²) in [4.78, 5) is 24.0. The molecule has 0 radical (unpaired) electrons. The van der Waals surface area contributed by atoms with Crippen LogP contribution in [0, 0.1) is 6.92 Å². The molecule has 0 spiro atoms. The lowest BCUT2D eigenvalue weighted by Crippen LogP contribution is -2.15. The molecule has 6 nitrogen and oxygen atoms in total. The number of aromatic nitrogens is 2. The van der Waals surface area contributed by atoms with Gasteiger partial charge in [0.05, 0.1) is 29.1 Å². The van der Waals surface area contributed by atoms with Crippen LogP contribution in [0.4, 0.5) is 5.69 Å². The number of rotatable bonds is 6. The monoisotopic (exact) mass is 329 g/mol. The maximum Gasteiger partial charge on any atom is 0.259 e. The number of phenols is 1. The van der Waals surface area contributed by atoms with Gasteiger partial charge in [0.25, 0.3) is 5.91 Å². The van der Waals surface area contributed by atoms with E-state index in [1.165, 1.54) is 19.2 Å². The second-order valence-electron chi connectivity index (χ2n) is 5.77. The Kier molecular flexibility index (Phi) is 5.39. The van der Waals surface area contributed by atoms with E-state index in [-0.39, 0.29) is 34.7 Å². The average Bonchev–Trinajstić information content (AvgIpc) is 2.92. The van der Waals surface area contributed by atoms with Crippen LogP contribution in [0.15, 0.2) is 24.4 Å². The molecule has 1 amide bonds. The predicted octanol–water partition coefficient (Wildman–Crippen LogP) is 3.71. The number of ketones is 1. The Morgan fingerprint density at radius 1 is 1.25 bits per heavy atom. The molecule has 2 aromatic rings. The number of Topliss-reactive ketones (excluding diaryl/α,β-unsaturated/α-hetero) is 1. The number of hydrogen-bond acceptors (Lipinski definition) is 4. The van der Waals surface area contributed by atoms with Gasteiger partial charge in [-0.2, -0.15) is 5.10 Å². The number of aromatic hydroxyl groups is 1. The predicted molar refractivity (Wildman–Crippen MR) is 92.6 cm³/mol. The van der Waals surface area contributed by atoms with E-state index in [0.29, 0.717) is 5.56 Å². The highest BCUT2D eigenvalue weighted by Crippen LogP contribution is 2.28. The standard InChI is InChI=1S/C18H23N3O3/c1-5-13(6-2)21-11(3)15(10-19-21)18(24)20-16-9-7-8-14(12(4)22)17(16)23/h7-10,13,23H,5-6H2,1-4H3,(H,20,24). The molecule has 128 valence electrons. The molecule has 0 saturated carbocycles. The summed E-state index contributed by atoms with van der Waals surface area (Å²) >= 11 is 0. The van der Waals surface area contributed by atoms with E-state index in [1.54, 1.807) is 12.1 Å². The van der Waals surface area contributed by atoms with Crippen LogP contribution in [-0.4, -0.2) is 26.6 Å². The molecule has 6 heteroatoms. The van der Waals surface area contributed by atoms with Crippen LogP contribution in [0.5, 0.6) is 5.75 Å². The Labute approximate surface area is 141 Å². The molecule has 0 bridgehead atoms. The summed E-state index contributed by atoms with van der Waals surface area (Å²) in [6.45, 7) is 7.39. The van der Waals surface area contributed by atoms with Crippen molar-refractivity contribution in [3.05, 3.63) is 41.2 Å². The molecule has 0 aliphatic carbocycles. The molecule has 0 aliphatic rings. The van der Waals surface area contributed by atoms with Gasteiger partial charge >= 0.3 is 0 Å². The number of anilines is 1. The Balaban J connectivity index is 2.29. The molecule has 24 heavy (non-hydrogen) atoms. The van der Waals surface area contributed by atoms with Gasteiger partial charge in [0, 0.05) is 5.69 Å². The molecule has 0 saturated heterocycles. The van der Waals surface area contributed by atoms with Crippen molar-refractivity contribution in [1.29, 1.82) is 0 Å². The van der Waals surface area contributed by atoms with Crippen LogP contribution in [-0.2, 0) is 0 Å². The first kappa shape index (κ1) is 17.7. The number of carbonyl (C=O) groups is 2. The number of carbonyl (C=O) groups excluding carboxylic acids is 2. The van der Waals surface area contributed by atoms with Crippen molar-refractivity contribution >= 4 is 17.4 Å². The summed E-state index contributed by atoms with van der Waals surface area (Å²) in [5, 5.41) is 17.1. The lowest BCUT2D eigenvalue weighted by Gasteiger charge is -2.15. The summed E-state index contributed by atoms with van der Waals surface area (Å²) in [6, 6.07) is 4.94. The summed E-state index contributed by atoms with van der Waals surface area (Å²) in [5.41, 5.74) is 1.62. The first-order chi connectivity index (χ1) is 11.4. The molecule has 1 aromatic carbocycles. The topological polar surface area (TPSA) is 84.2 Å². The summed E-state index contributed by atoms with van der Waals surface area (Å²) in [6.07, 6.45) is 3.40. The molecule has 0 unspecified atom stereocenters. The number of nitrogens with one attached hydrogen (secondary N) is 1. The van der Waals surface area contributed by atoms with Crippen molar-refractivity contribution in [3.63, 3.8) is 0 Å². The molecule has 0 fully saturated rings. The summed E-state index contributed by atoms with van der Waals surface area (Å²) < 4.78 is 1.86. The second kappa shape index (κ2) is 7.29. The van der Waals surface area contributed by atoms with Crippen molar-refractivity contribution in [2.45, 2.75) is 46.6 Å². The lowest BCUT2D eigenvalue weighted by atomic mass is 10.1. The number of phenolic OH excluding ortho intramolecular Hbond substituents is 1. The highest BCUT2D eigenvalue weighted by molar-refractivity contribution is 6.07. The first-order valence-electron chi connectivity index (χ1n) is 8.09. The van der Waals surface area contributed by atoms with Gasteiger partial charge in [-0.25, -0.2) is 0 Å². The molecule has 2 N–H and O–H groups in total. The summed E-state index contributed by atoms with van der Waals surface area (Å²) in [7, 11) is 0.